The molecule has 3 aliphatic heterocycles. The number of aliphatic hydroxyl groups excluding tert-OH is 1. The Labute approximate surface area is 589 Å². The van der Waals surface area contributed by atoms with E-state index >= 15 is 18.8 Å². The number of thioether (sulfide) groups is 2. The van der Waals surface area contributed by atoms with E-state index in [4.69, 9.17) is 16.2 Å². The van der Waals surface area contributed by atoms with Crippen molar-refractivity contribution in [3.05, 3.63) is 142 Å². The zero-order chi connectivity index (χ0) is 71.9. The van der Waals surface area contributed by atoms with Gasteiger partial charge >= 0.3 is 0 Å². The smallest absolute Gasteiger partial charge is 0.246 e. The van der Waals surface area contributed by atoms with E-state index in [9.17, 15) is 43.1 Å². The summed E-state index contributed by atoms with van der Waals surface area (Å²) in [6.07, 6.45) is 3.28. The SMILES string of the molecule is COc1ccc(C[C@@H]2NC(=O)[C@H]([C@@H](C)O)NC(=O)[C@@H]3CCCN3C(=O)[C@H](CC3=CCc4ccc(F)cc43)NC(=O)[C@H](Cc3c[nH]c4ccc(F)cc34)CC(=O)[C@@H](C)NC(=O)[C@H](CCCCN)NC(=O)CCSCc3cc(C)cc(c3)CSC[C@@H](C(N)=O)NC(=O)[C@]3(C)CCCN3C2=O)cc1. The van der Waals surface area contributed by atoms with Crippen LogP contribution in [-0.4, -0.2) is 171 Å². The van der Waals surface area contributed by atoms with Crippen LogP contribution in [0.3, 0.4) is 0 Å². The maximum absolute atomic E-state index is 15.5. The first-order valence-corrected chi connectivity index (χ1v) is 36.4. The van der Waals surface area contributed by atoms with Crippen LogP contribution >= 0.6 is 23.5 Å². The molecule has 9 amide bonds. The van der Waals surface area contributed by atoms with Crippen molar-refractivity contribution in [2.45, 2.75) is 177 Å². The molecule has 2 fully saturated rings. The van der Waals surface area contributed by atoms with Crippen molar-refractivity contribution in [2.75, 3.05) is 38.2 Å². The molecule has 0 radical (unpaired) electrons. The van der Waals surface area contributed by atoms with E-state index < -0.39 is 137 Å². The molecule has 0 unspecified atom stereocenters. The average Bonchev–Trinajstić information content (AvgIpc) is 1.58. The Morgan fingerprint density at radius 1 is 0.770 bits per heavy atom. The first kappa shape index (κ1) is 75.5. The molecule has 2 bridgehead atoms. The second-order valence-corrected chi connectivity index (χ2v) is 28.8. The van der Waals surface area contributed by atoms with Crippen molar-refractivity contribution in [1.29, 1.82) is 0 Å². The summed E-state index contributed by atoms with van der Waals surface area (Å²) in [6, 6.07) is 11.7. The Balaban J connectivity index is 1.05. The number of unbranched alkanes of at least 4 members (excludes halogenated alkanes) is 1. The number of halogens is 2. The summed E-state index contributed by atoms with van der Waals surface area (Å²) >= 11 is 2.87. The van der Waals surface area contributed by atoms with Crippen molar-refractivity contribution in [2.24, 2.45) is 17.4 Å². The summed E-state index contributed by atoms with van der Waals surface area (Å²) in [5.74, 6) is -7.61. The molecule has 0 saturated carbocycles. The topological polar surface area (TPSA) is 347 Å². The number of carbonyl (C=O) groups excluding carboxylic acids is 10. The van der Waals surface area contributed by atoms with Gasteiger partial charge in [-0.2, -0.15) is 23.5 Å². The number of H-pyrrole nitrogens is 1. The minimum atomic E-state index is -1.74. The van der Waals surface area contributed by atoms with Gasteiger partial charge in [0.25, 0.3) is 0 Å². The molecular weight excluding hydrogens is 1320 g/mol. The highest BCUT2D eigenvalue weighted by Crippen LogP contribution is 2.35. The molecule has 4 heterocycles. The molecule has 23 nitrogen and oxygen atoms in total. The Hall–Kier alpha value is -8.66. The van der Waals surface area contributed by atoms with Crippen molar-refractivity contribution >= 4 is 98.9 Å². The average molecular weight is 1420 g/mol. The van der Waals surface area contributed by atoms with Gasteiger partial charge in [-0.15, -0.1) is 0 Å². The molecule has 4 aromatic carbocycles. The molecule has 1 aromatic heterocycles. The monoisotopic (exact) mass is 1420 g/mol. The largest absolute Gasteiger partial charge is 0.497 e. The standard InChI is InChI=1S/C73H91F2N11O12S2/c1-41-28-45-30-46(29-41)39-100-40-60(65(77)90)83-72(97)73(4)23-9-26-86(73)71(96)58(31-44-12-19-53(98-5)20-13-44)82-69(94)64(43(3)87)84-68(93)61-11-8-25-85(61)70(95)59(33-48-15-14-47-16-17-51(74)35-54(47)48)81-66(91)49(32-50-37-78-56-21-18-52(75)36-55(50)56)34-62(88)42(2)79-67(92)57(10-6-7-24-76)80-63(89)22-27-99-38-45/h12-13,15-21,28-30,35-37,42-43,49,57-61,64,78,87H,6-11,14,22-27,31-34,38-40,76H2,1-5H3,(H2,77,90)(H,79,92)(H,80,89)(H,81,91)(H,82,94)(H,83,97)(H,84,93)/t42-,43-,49-,57+,58+,59+,60+,61+,64+,73+/m1/s1. The van der Waals surface area contributed by atoms with Gasteiger partial charge in [-0.1, -0.05) is 48.0 Å². The van der Waals surface area contributed by atoms with Gasteiger partial charge < -0.3 is 68.0 Å². The molecule has 5 aromatic rings. The van der Waals surface area contributed by atoms with Gasteiger partial charge in [0.05, 0.1) is 19.3 Å². The zero-order valence-electron chi connectivity index (χ0n) is 57.1. The van der Waals surface area contributed by atoms with Gasteiger partial charge in [0, 0.05) is 84.8 Å². The highest BCUT2D eigenvalue weighted by molar-refractivity contribution is 7.98. The third kappa shape index (κ3) is 19.2. The maximum atomic E-state index is 15.5. The highest BCUT2D eigenvalue weighted by Gasteiger charge is 2.49. The molecule has 2 saturated heterocycles. The van der Waals surface area contributed by atoms with Gasteiger partial charge in [-0.3, -0.25) is 47.9 Å². The third-order valence-electron chi connectivity index (χ3n) is 19.1. The van der Waals surface area contributed by atoms with E-state index in [-0.39, 0.29) is 70.2 Å². The zero-order valence-corrected chi connectivity index (χ0v) is 58.7. The summed E-state index contributed by atoms with van der Waals surface area (Å²) in [7, 11) is 1.49. The number of hydrogen-bond acceptors (Lipinski definition) is 15. The molecule has 12 N–H and O–H groups in total. The lowest BCUT2D eigenvalue weighted by molar-refractivity contribution is -0.147. The number of amides is 9. The molecule has 9 rings (SSSR count). The van der Waals surface area contributed by atoms with Gasteiger partial charge in [0.15, 0.2) is 5.78 Å². The number of benzene rings is 4. The van der Waals surface area contributed by atoms with Crippen LogP contribution < -0.4 is 48.1 Å². The minimum Gasteiger partial charge on any atom is -0.497 e. The van der Waals surface area contributed by atoms with Crippen LogP contribution in [0, 0.1) is 24.5 Å². The second-order valence-electron chi connectivity index (χ2n) is 26.7. The number of fused-ring (bicyclic) bond motifs is 6. The first-order chi connectivity index (χ1) is 47.8. The summed E-state index contributed by atoms with van der Waals surface area (Å²) in [5.41, 5.74) is 16.4. The molecule has 100 heavy (non-hydrogen) atoms. The molecule has 4 aliphatic rings. The van der Waals surface area contributed by atoms with Crippen LogP contribution in [0.2, 0.25) is 0 Å². The predicted octanol–water partition coefficient (Wildman–Crippen LogP) is 5.02. The van der Waals surface area contributed by atoms with Gasteiger partial charge in [0.1, 0.15) is 59.2 Å². The van der Waals surface area contributed by atoms with Crippen molar-refractivity contribution in [1.82, 2.24) is 46.7 Å². The normalized spacial score (nSPS) is 25.1. The number of methoxy groups -OCH3 is 1. The van der Waals surface area contributed by atoms with Crippen molar-refractivity contribution in [3.8, 4) is 5.75 Å². The second kappa shape index (κ2) is 34.6. The van der Waals surface area contributed by atoms with E-state index in [0.717, 1.165) is 22.3 Å². The number of aliphatic hydroxyl groups is 1. The van der Waals surface area contributed by atoms with Gasteiger partial charge in [0.2, 0.25) is 53.2 Å². The number of hydrogen-bond donors (Lipinski definition) is 10. The number of aryl methyl sites for hydroxylation is 1. The van der Waals surface area contributed by atoms with Crippen molar-refractivity contribution < 1.29 is 66.6 Å². The number of Topliss-reactive ketones (excluding diaryl/α,β-unsaturated/α-hetero) is 1. The number of aromatic amines is 1. The van der Waals surface area contributed by atoms with Crippen LogP contribution in [0.15, 0.2) is 91.1 Å². The number of nitrogens with zero attached hydrogens (tertiary/aromatic N) is 2. The van der Waals surface area contributed by atoms with E-state index in [1.807, 2.05) is 25.1 Å². The maximum Gasteiger partial charge on any atom is 0.246 e. The Kier molecular flexibility index (Phi) is 26.1. The minimum absolute atomic E-state index is 0.0145. The summed E-state index contributed by atoms with van der Waals surface area (Å²) in [6.45, 7) is 6.64. The predicted molar refractivity (Wildman–Crippen MR) is 378 cm³/mol. The summed E-state index contributed by atoms with van der Waals surface area (Å²) in [4.78, 5) is 152. The van der Waals surface area contributed by atoms with Gasteiger partial charge in [-0.25, -0.2) is 8.78 Å². The van der Waals surface area contributed by atoms with Crippen LogP contribution in [0.4, 0.5) is 8.78 Å². The van der Waals surface area contributed by atoms with Crippen molar-refractivity contribution in [3.63, 3.8) is 0 Å². The number of carbonyl (C=O) groups is 10. The molecule has 27 heteroatoms. The van der Waals surface area contributed by atoms with Gasteiger partial charge in [-0.05, 0) is 173 Å². The Morgan fingerprint density at radius 2 is 1.48 bits per heavy atom. The lowest BCUT2D eigenvalue weighted by Gasteiger charge is -2.37. The number of nitrogens with two attached hydrogens (primary N) is 2. The fourth-order valence-electron chi connectivity index (χ4n) is 13.6. The van der Waals surface area contributed by atoms with Crippen LogP contribution in [-0.2, 0) is 78.7 Å². The fraction of sp³-hybridized carbons (Fsp3) is 0.479. The number of nitrogens with one attached hydrogen (secondary N) is 7. The number of aromatic nitrogens is 1. The van der Waals surface area contributed by atoms with Crippen LogP contribution in [0.1, 0.15) is 124 Å². The summed E-state index contributed by atoms with van der Waals surface area (Å²) < 4.78 is 35.4. The van der Waals surface area contributed by atoms with E-state index in [2.05, 4.69) is 36.9 Å². The third-order valence-corrected chi connectivity index (χ3v) is 21.3. The Bertz CT molecular complexity index is 3890. The molecule has 536 valence electrons. The number of primary amides is 1. The number of rotatable bonds is 13. The quantitative estimate of drug-likeness (QED) is 0.0692. The molecule has 0 spiro atoms. The highest BCUT2D eigenvalue weighted by atomic mass is 32.2. The Morgan fingerprint density at radius 3 is 2.20 bits per heavy atom. The number of ketones is 1. The van der Waals surface area contributed by atoms with E-state index in [1.165, 1.54) is 84.6 Å². The first-order valence-electron chi connectivity index (χ1n) is 34.1. The summed E-state index contributed by atoms with van der Waals surface area (Å²) in [5, 5.41) is 28.5. The van der Waals surface area contributed by atoms with E-state index in [1.54, 1.807) is 49.5 Å². The number of allylic oxidation sites excluding steroid dienone is 1. The van der Waals surface area contributed by atoms with Crippen LogP contribution in [0.25, 0.3) is 16.5 Å². The lowest BCUT2D eigenvalue weighted by atomic mass is 9.90. The van der Waals surface area contributed by atoms with Crippen LogP contribution in [0.5, 0.6) is 5.75 Å². The molecule has 10 atom stereocenters. The van der Waals surface area contributed by atoms with E-state index in [0.29, 0.717) is 88.4 Å². The molecular formula is C73H91F2N11O12S2. The number of ether oxygens (including phenoxy) is 1. The fourth-order valence-corrected chi connectivity index (χ4v) is 15.5. The lowest BCUT2D eigenvalue weighted by Crippen LogP contribution is -2.64. The molecule has 1 aliphatic carbocycles.